The quantitative estimate of drug-likeness (QED) is 0.626. The normalized spacial score (nSPS) is 10.9. The fraction of sp³-hybridized carbons (Fsp3) is 0.368. The minimum atomic E-state index is -0.388. The number of ketones is 1. The van der Waals surface area contributed by atoms with Gasteiger partial charge in [0, 0.05) is 12.2 Å². The number of ether oxygens (including phenoxy) is 1. The molecule has 0 atom stereocenters. The Hall–Kier alpha value is -2.40. The van der Waals surface area contributed by atoms with E-state index in [1.807, 2.05) is 42.3 Å². The first-order valence-electron chi connectivity index (χ1n) is 8.06. The van der Waals surface area contributed by atoms with Crippen LogP contribution in [-0.4, -0.2) is 41.8 Å². The van der Waals surface area contributed by atoms with Gasteiger partial charge >= 0.3 is 5.97 Å². The fourth-order valence-corrected chi connectivity index (χ4v) is 2.81. The second-order valence-corrected chi connectivity index (χ2v) is 5.93. The molecule has 0 aliphatic carbocycles. The summed E-state index contributed by atoms with van der Waals surface area (Å²) in [5, 5.41) is 0. The maximum atomic E-state index is 12.6. The number of H-pyrrole nitrogens is 1. The van der Waals surface area contributed by atoms with E-state index in [9.17, 15) is 9.59 Å². The average molecular weight is 328 g/mol. The van der Waals surface area contributed by atoms with E-state index < -0.39 is 0 Å². The van der Waals surface area contributed by atoms with E-state index in [1.165, 1.54) is 0 Å². The van der Waals surface area contributed by atoms with Crippen LogP contribution in [0.4, 0.5) is 0 Å². The van der Waals surface area contributed by atoms with Crippen LogP contribution in [0.5, 0.6) is 0 Å². The summed E-state index contributed by atoms with van der Waals surface area (Å²) in [7, 11) is 1.91. The molecule has 2 aromatic rings. The number of carbonyl (C=O) groups excluding carboxylic acids is 2. The minimum Gasteiger partial charge on any atom is -0.462 e. The van der Waals surface area contributed by atoms with Gasteiger partial charge in [-0.3, -0.25) is 9.69 Å². The molecule has 0 saturated carbocycles. The SMILES string of the molecule is CCOC(=O)c1c(C)[nH]c(C(=O)CN(C)Cc2ccccc2)c1C. The molecule has 0 radical (unpaired) electrons. The highest BCUT2D eigenvalue weighted by molar-refractivity contribution is 6.02. The number of nitrogens with zero attached hydrogens (tertiary/aromatic N) is 1. The molecule has 0 saturated heterocycles. The Bertz CT molecular complexity index is 720. The second kappa shape index (κ2) is 7.93. The Morgan fingerprint density at radius 2 is 1.83 bits per heavy atom. The van der Waals surface area contributed by atoms with E-state index in [-0.39, 0.29) is 18.3 Å². The molecule has 128 valence electrons. The van der Waals surface area contributed by atoms with Crippen molar-refractivity contribution >= 4 is 11.8 Å². The minimum absolute atomic E-state index is 0.0374. The average Bonchev–Trinajstić information content (AvgIpc) is 2.83. The molecule has 24 heavy (non-hydrogen) atoms. The van der Waals surface area contributed by atoms with Gasteiger partial charge in [-0.1, -0.05) is 30.3 Å². The van der Waals surface area contributed by atoms with Crippen molar-refractivity contribution in [3.8, 4) is 0 Å². The number of benzene rings is 1. The van der Waals surface area contributed by atoms with Crippen molar-refractivity contribution in [2.24, 2.45) is 0 Å². The Kier molecular flexibility index (Phi) is 5.93. The molecule has 0 unspecified atom stereocenters. The summed E-state index contributed by atoms with van der Waals surface area (Å²) >= 11 is 0. The van der Waals surface area contributed by atoms with Crippen molar-refractivity contribution in [1.82, 2.24) is 9.88 Å². The lowest BCUT2D eigenvalue weighted by molar-refractivity contribution is 0.0525. The van der Waals surface area contributed by atoms with Gasteiger partial charge in [-0.05, 0) is 38.9 Å². The molecule has 5 heteroatoms. The van der Waals surface area contributed by atoms with Gasteiger partial charge < -0.3 is 9.72 Å². The highest BCUT2D eigenvalue weighted by atomic mass is 16.5. The molecule has 0 bridgehead atoms. The summed E-state index contributed by atoms with van der Waals surface area (Å²) in [4.78, 5) is 29.6. The first kappa shape index (κ1) is 17.9. The van der Waals surface area contributed by atoms with Gasteiger partial charge in [0.25, 0.3) is 0 Å². The van der Waals surface area contributed by atoms with Crippen LogP contribution in [0.15, 0.2) is 30.3 Å². The van der Waals surface area contributed by atoms with Crippen LogP contribution in [0.25, 0.3) is 0 Å². The van der Waals surface area contributed by atoms with Gasteiger partial charge in [-0.15, -0.1) is 0 Å². The third kappa shape index (κ3) is 4.11. The molecule has 5 nitrogen and oxygen atoms in total. The largest absolute Gasteiger partial charge is 0.462 e. The van der Waals surface area contributed by atoms with Crippen LogP contribution in [0.3, 0.4) is 0 Å². The third-order valence-electron chi connectivity index (χ3n) is 3.90. The molecule has 0 spiro atoms. The Morgan fingerprint density at radius 3 is 2.46 bits per heavy atom. The molecule has 1 N–H and O–H groups in total. The van der Waals surface area contributed by atoms with Gasteiger partial charge in [0.15, 0.2) is 5.78 Å². The lowest BCUT2D eigenvalue weighted by Crippen LogP contribution is -2.26. The van der Waals surface area contributed by atoms with E-state index in [0.29, 0.717) is 35.7 Å². The number of carbonyl (C=O) groups is 2. The molecule has 2 rings (SSSR count). The van der Waals surface area contributed by atoms with E-state index in [1.54, 1.807) is 20.8 Å². The predicted octanol–water partition coefficient (Wildman–Crippen LogP) is 3.12. The third-order valence-corrected chi connectivity index (χ3v) is 3.90. The van der Waals surface area contributed by atoms with Crippen molar-refractivity contribution in [1.29, 1.82) is 0 Å². The summed E-state index contributed by atoms with van der Waals surface area (Å²) in [6.07, 6.45) is 0. The maximum Gasteiger partial charge on any atom is 0.340 e. The molecule has 0 fully saturated rings. The van der Waals surface area contributed by atoms with Crippen molar-refractivity contribution in [3.63, 3.8) is 0 Å². The van der Waals surface area contributed by atoms with Crippen LogP contribution in [0.1, 0.15) is 44.6 Å². The highest BCUT2D eigenvalue weighted by Crippen LogP contribution is 2.20. The number of hydrogen-bond donors (Lipinski definition) is 1. The zero-order chi connectivity index (χ0) is 17.7. The number of aromatic nitrogens is 1. The van der Waals surface area contributed by atoms with Gasteiger partial charge in [-0.2, -0.15) is 0 Å². The maximum absolute atomic E-state index is 12.6. The molecule has 1 heterocycles. The van der Waals surface area contributed by atoms with Crippen LogP contribution in [0, 0.1) is 13.8 Å². The summed E-state index contributed by atoms with van der Waals surface area (Å²) in [5.41, 5.74) is 3.42. The van der Waals surface area contributed by atoms with E-state index >= 15 is 0 Å². The number of esters is 1. The summed E-state index contributed by atoms with van der Waals surface area (Å²) in [5.74, 6) is -0.426. The highest BCUT2D eigenvalue weighted by Gasteiger charge is 2.23. The number of hydrogen-bond acceptors (Lipinski definition) is 4. The summed E-state index contributed by atoms with van der Waals surface area (Å²) in [6, 6.07) is 9.99. The number of aromatic amines is 1. The van der Waals surface area contributed by atoms with Crippen LogP contribution in [0.2, 0.25) is 0 Å². The lowest BCUT2D eigenvalue weighted by Gasteiger charge is -2.15. The number of Topliss-reactive ketones (excluding diaryl/α,β-unsaturated/α-hetero) is 1. The van der Waals surface area contributed by atoms with Gasteiger partial charge in [0.05, 0.1) is 24.4 Å². The van der Waals surface area contributed by atoms with E-state index in [2.05, 4.69) is 4.98 Å². The van der Waals surface area contributed by atoms with Crippen LogP contribution in [-0.2, 0) is 11.3 Å². The predicted molar refractivity (Wildman–Crippen MR) is 93.3 cm³/mol. The standard InChI is InChI=1S/C19H24N2O3/c1-5-24-19(23)17-13(2)18(20-14(17)3)16(22)12-21(4)11-15-9-7-6-8-10-15/h6-10,20H,5,11-12H2,1-4H3. The molecular formula is C19H24N2O3. The number of rotatable bonds is 7. The van der Waals surface area contributed by atoms with Crippen LogP contribution >= 0.6 is 0 Å². The van der Waals surface area contributed by atoms with E-state index in [4.69, 9.17) is 4.74 Å². The molecule has 1 aromatic heterocycles. The smallest absolute Gasteiger partial charge is 0.340 e. The lowest BCUT2D eigenvalue weighted by atomic mass is 10.1. The zero-order valence-corrected chi connectivity index (χ0v) is 14.7. The van der Waals surface area contributed by atoms with Crippen molar-refractivity contribution in [2.45, 2.75) is 27.3 Å². The Morgan fingerprint density at radius 1 is 1.17 bits per heavy atom. The Labute approximate surface area is 142 Å². The number of aryl methyl sites for hydroxylation is 1. The van der Waals surface area contributed by atoms with Crippen molar-refractivity contribution in [2.75, 3.05) is 20.2 Å². The van der Waals surface area contributed by atoms with Gasteiger partial charge in [0.1, 0.15) is 0 Å². The monoisotopic (exact) mass is 328 g/mol. The van der Waals surface area contributed by atoms with Gasteiger partial charge in [-0.25, -0.2) is 4.79 Å². The Balaban J connectivity index is 2.10. The first-order chi connectivity index (χ1) is 11.4. The second-order valence-electron chi connectivity index (χ2n) is 5.93. The molecular weight excluding hydrogens is 304 g/mol. The molecule has 0 aliphatic heterocycles. The van der Waals surface area contributed by atoms with Crippen molar-refractivity contribution in [3.05, 3.63) is 58.4 Å². The van der Waals surface area contributed by atoms with Gasteiger partial charge in [0.2, 0.25) is 0 Å². The molecule has 1 aromatic carbocycles. The van der Waals surface area contributed by atoms with Crippen LogP contribution < -0.4 is 0 Å². The topological polar surface area (TPSA) is 62.4 Å². The number of likely N-dealkylation sites (N-methyl/N-ethyl adjacent to an activating group) is 1. The molecule has 0 aliphatic rings. The first-order valence-corrected chi connectivity index (χ1v) is 8.06. The zero-order valence-electron chi connectivity index (χ0n) is 14.7. The van der Waals surface area contributed by atoms with E-state index in [0.717, 1.165) is 5.56 Å². The fourth-order valence-electron chi connectivity index (χ4n) is 2.81. The summed E-state index contributed by atoms with van der Waals surface area (Å²) < 4.78 is 5.06. The molecule has 0 amide bonds. The van der Waals surface area contributed by atoms with Crippen molar-refractivity contribution < 1.29 is 14.3 Å². The number of nitrogens with one attached hydrogen (secondary N) is 1. The summed E-state index contributed by atoms with van der Waals surface area (Å²) in [6.45, 7) is 6.60.